The van der Waals surface area contributed by atoms with E-state index in [1.54, 1.807) is 0 Å². The third kappa shape index (κ3) is 2.46. The first-order chi connectivity index (χ1) is 10.0. The number of amides is 1. The minimum Gasteiger partial charge on any atom is -0.296 e. The van der Waals surface area contributed by atoms with Crippen LogP contribution in [0, 0.1) is 10.1 Å². The van der Waals surface area contributed by atoms with E-state index < -0.39 is 10.8 Å². The van der Waals surface area contributed by atoms with Crippen LogP contribution in [0.4, 0.5) is 10.8 Å². The van der Waals surface area contributed by atoms with Gasteiger partial charge in [-0.1, -0.05) is 23.5 Å². The van der Waals surface area contributed by atoms with Gasteiger partial charge in [0, 0.05) is 7.05 Å². The number of benzene rings is 1. The van der Waals surface area contributed by atoms with Gasteiger partial charge in [-0.15, -0.1) is 0 Å². The van der Waals surface area contributed by atoms with Crippen LogP contribution in [-0.4, -0.2) is 25.6 Å². The number of aryl methyl sites for hydroxylation is 1. The summed E-state index contributed by atoms with van der Waals surface area (Å²) in [6.45, 7) is 0. The lowest BCUT2D eigenvalue weighted by atomic mass is 10.3. The first kappa shape index (κ1) is 13.2. The van der Waals surface area contributed by atoms with Gasteiger partial charge < -0.3 is 0 Å². The molecule has 0 unspecified atom stereocenters. The van der Waals surface area contributed by atoms with Crippen LogP contribution in [0.3, 0.4) is 0 Å². The second-order valence-corrected chi connectivity index (χ2v) is 5.27. The van der Waals surface area contributed by atoms with Crippen LogP contribution >= 0.6 is 11.3 Å². The molecule has 0 saturated carbocycles. The molecule has 0 bridgehead atoms. The molecule has 1 N–H and O–H groups in total. The largest absolute Gasteiger partial charge is 0.320 e. The summed E-state index contributed by atoms with van der Waals surface area (Å²) in [5.74, 6) is -0.652. The van der Waals surface area contributed by atoms with E-state index in [9.17, 15) is 14.9 Å². The van der Waals surface area contributed by atoms with Crippen molar-refractivity contribution in [1.82, 2.24) is 14.8 Å². The average molecular weight is 303 g/mol. The second-order valence-electron chi connectivity index (χ2n) is 4.23. The number of fused-ring (bicyclic) bond motifs is 1. The lowest BCUT2D eigenvalue weighted by Crippen LogP contribution is -2.14. The zero-order chi connectivity index (χ0) is 15.0. The van der Waals surface area contributed by atoms with Gasteiger partial charge in [0.25, 0.3) is 5.91 Å². The summed E-state index contributed by atoms with van der Waals surface area (Å²) in [6.07, 6.45) is 1.19. The van der Waals surface area contributed by atoms with E-state index in [0.29, 0.717) is 5.13 Å². The number of carbonyl (C=O) groups excluding carboxylic acids is 1. The molecular weight excluding hydrogens is 294 g/mol. The highest BCUT2D eigenvalue weighted by atomic mass is 32.1. The van der Waals surface area contributed by atoms with Crippen LogP contribution in [0.15, 0.2) is 30.5 Å². The van der Waals surface area contributed by atoms with E-state index in [-0.39, 0.29) is 11.4 Å². The van der Waals surface area contributed by atoms with Crippen LogP contribution in [0.25, 0.3) is 10.2 Å². The lowest BCUT2D eigenvalue weighted by Gasteiger charge is -1.97. The van der Waals surface area contributed by atoms with Crippen LogP contribution in [0.5, 0.6) is 0 Å². The van der Waals surface area contributed by atoms with Crippen LogP contribution in [0.2, 0.25) is 0 Å². The molecule has 0 spiro atoms. The Labute approximate surface area is 122 Å². The summed E-state index contributed by atoms with van der Waals surface area (Å²) in [5.41, 5.74) is 0.186. The van der Waals surface area contributed by atoms with Gasteiger partial charge in [0.1, 0.15) is 6.20 Å². The van der Waals surface area contributed by atoms with Crippen molar-refractivity contribution in [3.8, 4) is 0 Å². The molecule has 0 saturated heterocycles. The van der Waals surface area contributed by atoms with Crippen molar-refractivity contribution < 1.29 is 9.72 Å². The molecule has 1 aromatic carbocycles. The summed E-state index contributed by atoms with van der Waals surface area (Å²) in [6, 6.07) is 7.42. The number of hydrogen-bond donors (Lipinski definition) is 1. The predicted octanol–water partition coefficient (Wildman–Crippen LogP) is 2.19. The number of thiazole rings is 1. The summed E-state index contributed by atoms with van der Waals surface area (Å²) < 4.78 is 2.15. The Morgan fingerprint density at radius 2 is 2.19 bits per heavy atom. The van der Waals surface area contributed by atoms with Crippen molar-refractivity contribution in [2.45, 2.75) is 0 Å². The van der Waals surface area contributed by atoms with Crippen molar-refractivity contribution in [3.05, 3.63) is 46.3 Å². The maximum absolute atomic E-state index is 12.1. The molecule has 2 aromatic heterocycles. The summed E-state index contributed by atoms with van der Waals surface area (Å²) >= 11 is 1.29. The van der Waals surface area contributed by atoms with Gasteiger partial charge in [0.2, 0.25) is 5.69 Å². The average Bonchev–Trinajstić information content (AvgIpc) is 3.01. The molecule has 2 heterocycles. The Kier molecular flexibility index (Phi) is 3.10. The van der Waals surface area contributed by atoms with Crippen molar-refractivity contribution in [2.75, 3.05) is 5.32 Å². The number of hydrogen-bond acceptors (Lipinski definition) is 6. The SMILES string of the molecule is Cn1cc([N+](=O)[O-])c(C(=O)Nc2nc3ccccc3s2)n1. The minimum atomic E-state index is -0.652. The Bertz CT molecular complexity index is 821. The number of nitrogens with one attached hydrogen (secondary N) is 1. The molecule has 8 nitrogen and oxygen atoms in total. The molecule has 106 valence electrons. The number of rotatable bonds is 3. The Balaban J connectivity index is 1.91. The summed E-state index contributed by atoms with van der Waals surface area (Å²) in [5, 5.41) is 17.6. The minimum absolute atomic E-state index is 0.234. The fourth-order valence-corrected chi connectivity index (χ4v) is 2.71. The lowest BCUT2D eigenvalue weighted by molar-refractivity contribution is -0.385. The third-order valence-corrected chi connectivity index (χ3v) is 3.69. The monoisotopic (exact) mass is 303 g/mol. The van der Waals surface area contributed by atoms with E-state index in [0.717, 1.165) is 10.2 Å². The molecule has 0 aliphatic heterocycles. The number of nitrogens with zero attached hydrogens (tertiary/aromatic N) is 4. The third-order valence-electron chi connectivity index (χ3n) is 2.74. The maximum atomic E-state index is 12.1. The smallest absolute Gasteiger partial charge is 0.296 e. The Morgan fingerprint density at radius 3 is 2.90 bits per heavy atom. The first-order valence-electron chi connectivity index (χ1n) is 5.89. The molecule has 0 aliphatic rings. The first-order valence-corrected chi connectivity index (χ1v) is 6.71. The number of aromatic nitrogens is 3. The number of nitro groups is 1. The van der Waals surface area contributed by atoms with Crippen LogP contribution < -0.4 is 5.32 Å². The fraction of sp³-hybridized carbons (Fsp3) is 0.0833. The second kappa shape index (κ2) is 4.94. The van der Waals surface area contributed by atoms with E-state index >= 15 is 0 Å². The molecule has 9 heteroatoms. The highest BCUT2D eigenvalue weighted by molar-refractivity contribution is 7.22. The van der Waals surface area contributed by atoms with Gasteiger partial charge in [0.05, 0.1) is 15.1 Å². The van der Waals surface area contributed by atoms with Gasteiger partial charge in [-0.05, 0) is 12.1 Å². The van der Waals surface area contributed by atoms with E-state index in [1.165, 1.54) is 29.3 Å². The normalized spacial score (nSPS) is 10.7. The number of para-hydroxylation sites is 1. The molecule has 21 heavy (non-hydrogen) atoms. The number of anilines is 1. The number of carbonyl (C=O) groups is 1. The van der Waals surface area contributed by atoms with Gasteiger partial charge in [-0.25, -0.2) is 4.98 Å². The van der Waals surface area contributed by atoms with Gasteiger partial charge in [0.15, 0.2) is 5.13 Å². The van der Waals surface area contributed by atoms with E-state index in [4.69, 9.17) is 0 Å². The molecular formula is C12H9N5O3S. The maximum Gasteiger partial charge on any atom is 0.320 e. The van der Waals surface area contributed by atoms with Gasteiger partial charge in [-0.2, -0.15) is 5.10 Å². The van der Waals surface area contributed by atoms with Crippen molar-refractivity contribution in [2.24, 2.45) is 7.05 Å². The van der Waals surface area contributed by atoms with Crippen molar-refractivity contribution in [1.29, 1.82) is 0 Å². The van der Waals surface area contributed by atoms with Crippen molar-refractivity contribution in [3.63, 3.8) is 0 Å². The summed E-state index contributed by atoms with van der Waals surface area (Å²) in [4.78, 5) is 26.6. The van der Waals surface area contributed by atoms with Crippen LogP contribution in [0.1, 0.15) is 10.5 Å². The molecule has 3 rings (SSSR count). The standard InChI is InChI=1S/C12H9N5O3S/c1-16-6-8(17(19)20)10(15-16)11(18)14-12-13-7-4-2-3-5-9(7)21-12/h2-6H,1H3,(H,13,14,18). The topological polar surface area (TPSA) is 103 Å². The Morgan fingerprint density at radius 1 is 1.43 bits per heavy atom. The molecule has 0 aliphatic carbocycles. The van der Waals surface area contributed by atoms with Crippen LogP contribution in [-0.2, 0) is 7.05 Å². The van der Waals surface area contributed by atoms with E-state index in [2.05, 4.69) is 15.4 Å². The predicted molar refractivity (Wildman–Crippen MR) is 77.4 cm³/mol. The van der Waals surface area contributed by atoms with Gasteiger partial charge in [-0.3, -0.25) is 24.9 Å². The molecule has 0 atom stereocenters. The molecule has 0 radical (unpaired) electrons. The highest BCUT2D eigenvalue weighted by Crippen LogP contribution is 2.26. The molecule has 0 fully saturated rings. The van der Waals surface area contributed by atoms with Crippen molar-refractivity contribution >= 4 is 38.3 Å². The summed E-state index contributed by atoms with van der Waals surface area (Å²) in [7, 11) is 1.52. The molecule has 3 aromatic rings. The zero-order valence-corrected chi connectivity index (χ0v) is 11.6. The quantitative estimate of drug-likeness (QED) is 0.590. The molecule has 1 amide bonds. The Hall–Kier alpha value is -2.81. The fourth-order valence-electron chi connectivity index (χ4n) is 1.85. The zero-order valence-electron chi connectivity index (χ0n) is 10.8. The van der Waals surface area contributed by atoms with E-state index in [1.807, 2.05) is 24.3 Å². The highest BCUT2D eigenvalue weighted by Gasteiger charge is 2.25. The van der Waals surface area contributed by atoms with Gasteiger partial charge >= 0.3 is 5.69 Å².